The second kappa shape index (κ2) is 10.6. The minimum atomic E-state index is -0.236. The maximum absolute atomic E-state index is 12.3. The van der Waals surface area contributed by atoms with Crippen LogP contribution in [0.4, 0.5) is 10.6 Å². The summed E-state index contributed by atoms with van der Waals surface area (Å²) < 4.78 is 11.8. The van der Waals surface area contributed by atoms with Gasteiger partial charge in [0, 0.05) is 44.1 Å². The summed E-state index contributed by atoms with van der Waals surface area (Å²) in [5.41, 5.74) is 1.83. The standard InChI is InChI=1S/C24H33N5O3/c1-17-15-29(16-18(2)31-17)22-10-9-19(12-26-22)13-27-24(30)28-14-20-6-5-11-25-23(20)32-21-7-3-4-8-21/h5-6,9-12,17-18,21H,3-4,7-8,13-16H2,1-2H3,(H2,27,28,30). The molecule has 8 heteroatoms. The lowest BCUT2D eigenvalue weighted by molar-refractivity contribution is -0.00546. The lowest BCUT2D eigenvalue weighted by Gasteiger charge is -2.36. The van der Waals surface area contributed by atoms with Crippen LogP contribution < -0.4 is 20.3 Å². The normalized spacial score (nSPS) is 21.4. The summed E-state index contributed by atoms with van der Waals surface area (Å²) in [4.78, 5) is 23.5. The zero-order valence-corrected chi connectivity index (χ0v) is 18.9. The zero-order chi connectivity index (χ0) is 22.3. The van der Waals surface area contributed by atoms with E-state index in [9.17, 15) is 4.79 Å². The number of amides is 2. The van der Waals surface area contributed by atoms with Gasteiger partial charge in [0.1, 0.15) is 11.9 Å². The molecule has 2 N–H and O–H groups in total. The van der Waals surface area contributed by atoms with Gasteiger partial charge in [-0.15, -0.1) is 0 Å². The maximum atomic E-state index is 12.3. The number of anilines is 1. The van der Waals surface area contributed by atoms with Crippen molar-refractivity contribution in [2.75, 3.05) is 18.0 Å². The number of ether oxygens (including phenoxy) is 2. The Morgan fingerprint density at radius 1 is 1.09 bits per heavy atom. The van der Waals surface area contributed by atoms with Crippen molar-refractivity contribution in [2.24, 2.45) is 0 Å². The number of nitrogens with one attached hydrogen (secondary N) is 2. The molecule has 2 amide bonds. The van der Waals surface area contributed by atoms with E-state index in [1.807, 2.05) is 30.5 Å². The van der Waals surface area contributed by atoms with E-state index < -0.39 is 0 Å². The van der Waals surface area contributed by atoms with E-state index in [0.29, 0.717) is 19.0 Å². The molecule has 2 aromatic heterocycles. The Morgan fingerprint density at radius 2 is 1.84 bits per heavy atom. The second-order valence-electron chi connectivity index (χ2n) is 8.72. The number of rotatable bonds is 7. The summed E-state index contributed by atoms with van der Waals surface area (Å²) in [6, 6.07) is 7.57. The largest absolute Gasteiger partial charge is 0.474 e. The SMILES string of the molecule is CC1CN(c2ccc(CNC(=O)NCc3cccnc3OC3CCCC3)cn2)CC(C)O1. The summed E-state index contributed by atoms with van der Waals surface area (Å²) in [7, 11) is 0. The maximum Gasteiger partial charge on any atom is 0.315 e. The minimum absolute atomic E-state index is 0.189. The fraction of sp³-hybridized carbons (Fsp3) is 0.542. The quantitative estimate of drug-likeness (QED) is 0.687. The number of aromatic nitrogens is 2. The van der Waals surface area contributed by atoms with Gasteiger partial charge in [-0.2, -0.15) is 0 Å². The average Bonchev–Trinajstić information content (AvgIpc) is 3.30. The van der Waals surface area contributed by atoms with Gasteiger partial charge in [0.25, 0.3) is 0 Å². The number of urea groups is 1. The van der Waals surface area contributed by atoms with Crippen LogP contribution in [0.2, 0.25) is 0 Å². The van der Waals surface area contributed by atoms with Crippen molar-refractivity contribution >= 4 is 11.8 Å². The molecule has 2 aromatic rings. The van der Waals surface area contributed by atoms with Crippen molar-refractivity contribution in [3.05, 3.63) is 47.8 Å². The van der Waals surface area contributed by atoms with Gasteiger partial charge >= 0.3 is 6.03 Å². The van der Waals surface area contributed by atoms with Crippen molar-refractivity contribution in [3.8, 4) is 5.88 Å². The molecule has 1 aliphatic heterocycles. The topological polar surface area (TPSA) is 88.6 Å². The smallest absolute Gasteiger partial charge is 0.315 e. The Labute approximate surface area is 189 Å². The molecule has 1 saturated heterocycles. The van der Waals surface area contributed by atoms with Gasteiger partial charge in [-0.25, -0.2) is 14.8 Å². The molecule has 4 rings (SSSR count). The Bertz CT molecular complexity index is 875. The van der Waals surface area contributed by atoms with Crippen LogP contribution in [0.25, 0.3) is 0 Å². The first-order valence-electron chi connectivity index (χ1n) is 11.5. The minimum Gasteiger partial charge on any atom is -0.474 e. The molecule has 1 saturated carbocycles. The molecule has 0 radical (unpaired) electrons. The molecule has 1 aliphatic carbocycles. The second-order valence-corrected chi connectivity index (χ2v) is 8.72. The number of morpholine rings is 1. The highest BCUT2D eigenvalue weighted by Gasteiger charge is 2.23. The number of hydrogen-bond donors (Lipinski definition) is 2. The summed E-state index contributed by atoms with van der Waals surface area (Å²) in [5.74, 6) is 1.55. The molecule has 2 unspecified atom stereocenters. The molecule has 0 spiro atoms. The number of pyridine rings is 2. The molecular formula is C24H33N5O3. The van der Waals surface area contributed by atoms with Crippen LogP contribution in [0.3, 0.4) is 0 Å². The predicted molar refractivity (Wildman–Crippen MR) is 123 cm³/mol. The monoisotopic (exact) mass is 439 g/mol. The molecule has 172 valence electrons. The van der Waals surface area contributed by atoms with Crippen molar-refractivity contribution in [1.29, 1.82) is 0 Å². The first-order valence-corrected chi connectivity index (χ1v) is 11.5. The molecule has 2 fully saturated rings. The van der Waals surface area contributed by atoms with Crippen molar-refractivity contribution in [1.82, 2.24) is 20.6 Å². The molecule has 0 bridgehead atoms. The lowest BCUT2D eigenvalue weighted by atomic mass is 10.2. The van der Waals surface area contributed by atoms with E-state index in [-0.39, 0.29) is 24.3 Å². The van der Waals surface area contributed by atoms with Crippen molar-refractivity contribution in [3.63, 3.8) is 0 Å². The van der Waals surface area contributed by atoms with E-state index in [1.54, 1.807) is 6.20 Å². The van der Waals surface area contributed by atoms with Gasteiger partial charge < -0.3 is 25.0 Å². The van der Waals surface area contributed by atoms with Crippen LogP contribution >= 0.6 is 0 Å². The summed E-state index contributed by atoms with van der Waals surface area (Å²) in [6.07, 6.45) is 8.70. The van der Waals surface area contributed by atoms with Crippen LogP contribution in [0.5, 0.6) is 5.88 Å². The van der Waals surface area contributed by atoms with Crippen LogP contribution in [-0.4, -0.2) is 47.4 Å². The van der Waals surface area contributed by atoms with Gasteiger partial charge in [0.05, 0.1) is 12.2 Å². The Kier molecular flexibility index (Phi) is 7.42. The van der Waals surface area contributed by atoms with E-state index in [0.717, 1.165) is 42.9 Å². The third-order valence-corrected chi connectivity index (χ3v) is 5.88. The summed E-state index contributed by atoms with van der Waals surface area (Å²) >= 11 is 0. The van der Waals surface area contributed by atoms with Crippen LogP contribution in [-0.2, 0) is 17.8 Å². The van der Waals surface area contributed by atoms with Gasteiger partial charge in [-0.1, -0.05) is 12.1 Å². The molecule has 0 aromatic carbocycles. The van der Waals surface area contributed by atoms with Crippen LogP contribution in [0.15, 0.2) is 36.7 Å². The van der Waals surface area contributed by atoms with Crippen molar-refractivity contribution in [2.45, 2.75) is 70.9 Å². The van der Waals surface area contributed by atoms with Crippen LogP contribution in [0, 0.1) is 0 Å². The summed E-state index contributed by atoms with van der Waals surface area (Å²) in [5, 5.41) is 5.78. The number of carbonyl (C=O) groups is 1. The first kappa shape index (κ1) is 22.3. The molecule has 2 aliphatic rings. The number of nitrogens with zero attached hydrogens (tertiary/aromatic N) is 3. The molecular weight excluding hydrogens is 406 g/mol. The zero-order valence-electron chi connectivity index (χ0n) is 18.9. The number of hydrogen-bond acceptors (Lipinski definition) is 6. The van der Waals surface area contributed by atoms with E-state index >= 15 is 0 Å². The Morgan fingerprint density at radius 3 is 2.56 bits per heavy atom. The highest BCUT2D eigenvalue weighted by atomic mass is 16.5. The number of carbonyl (C=O) groups excluding carboxylic acids is 1. The van der Waals surface area contributed by atoms with Gasteiger partial charge in [0.15, 0.2) is 0 Å². The van der Waals surface area contributed by atoms with E-state index in [2.05, 4.69) is 39.3 Å². The Hall–Kier alpha value is -2.87. The van der Waals surface area contributed by atoms with Crippen LogP contribution in [0.1, 0.15) is 50.7 Å². The van der Waals surface area contributed by atoms with E-state index in [1.165, 1.54) is 12.8 Å². The van der Waals surface area contributed by atoms with E-state index in [4.69, 9.17) is 9.47 Å². The Balaban J connectivity index is 1.24. The predicted octanol–water partition coefficient (Wildman–Crippen LogP) is 3.41. The first-order chi connectivity index (χ1) is 15.6. The molecule has 3 heterocycles. The fourth-order valence-corrected chi connectivity index (χ4v) is 4.32. The fourth-order valence-electron chi connectivity index (χ4n) is 4.32. The van der Waals surface area contributed by atoms with Gasteiger partial charge in [-0.05, 0) is 57.2 Å². The molecule has 2 atom stereocenters. The van der Waals surface area contributed by atoms with Crippen molar-refractivity contribution < 1.29 is 14.3 Å². The molecule has 32 heavy (non-hydrogen) atoms. The highest BCUT2D eigenvalue weighted by molar-refractivity contribution is 5.73. The third-order valence-electron chi connectivity index (χ3n) is 5.88. The van der Waals surface area contributed by atoms with Gasteiger partial charge in [-0.3, -0.25) is 0 Å². The van der Waals surface area contributed by atoms with Gasteiger partial charge in [0.2, 0.25) is 5.88 Å². The lowest BCUT2D eigenvalue weighted by Crippen LogP contribution is -2.45. The summed E-state index contributed by atoms with van der Waals surface area (Å²) in [6.45, 7) is 6.60. The third kappa shape index (κ3) is 6.09. The molecule has 8 nitrogen and oxygen atoms in total. The average molecular weight is 440 g/mol. The highest BCUT2D eigenvalue weighted by Crippen LogP contribution is 2.25.